The Morgan fingerprint density at radius 3 is 2.69 bits per heavy atom. The molecule has 0 bridgehead atoms. The molecule has 3 N–H and O–H groups in total. The van der Waals surface area contributed by atoms with E-state index in [9.17, 15) is 14.0 Å². The summed E-state index contributed by atoms with van der Waals surface area (Å²) in [5.41, 5.74) is 5.71. The van der Waals surface area contributed by atoms with Gasteiger partial charge in [0.1, 0.15) is 10.8 Å². The Morgan fingerprint density at radius 2 is 2.00 bits per heavy atom. The lowest BCUT2D eigenvalue weighted by molar-refractivity contribution is 0.0942. The van der Waals surface area contributed by atoms with E-state index in [2.05, 4.69) is 10.3 Å². The maximum atomic E-state index is 14.6. The van der Waals surface area contributed by atoms with Gasteiger partial charge >= 0.3 is 0 Å². The summed E-state index contributed by atoms with van der Waals surface area (Å²) in [5.74, 6) is -0.959. The second-order valence-electron chi connectivity index (χ2n) is 6.48. The van der Waals surface area contributed by atoms with E-state index >= 15 is 0 Å². The van der Waals surface area contributed by atoms with E-state index in [4.69, 9.17) is 22.1 Å². The molecule has 0 spiro atoms. The Morgan fingerprint density at radius 1 is 1.24 bits per heavy atom. The third kappa shape index (κ3) is 4.55. The van der Waals surface area contributed by atoms with Crippen molar-refractivity contribution in [3.05, 3.63) is 75.5 Å². The molecule has 3 aromatic rings. The average Bonchev–Trinajstić information content (AvgIpc) is 2.66. The first-order chi connectivity index (χ1) is 13.8. The molecule has 29 heavy (non-hydrogen) atoms. The van der Waals surface area contributed by atoms with Gasteiger partial charge in [0.15, 0.2) is 17.3 Å². The van der Waals surface area contributed by atoms with Gasteiger partial charge in [0, 0.05) is 36.6 Å². The van der Waals surface area contributed by atoms with Crippen molar-refractivity contribution >= 4 is 23.3 Å². The van der Waals surface area contributed by atoms with Crippen LogP contribution in [0.4, 0.5) is 10.2 Å². The fourth-order valence-electron chi connectivity index (χ4n) is 2.53. The van der Waals surface area contributed by atoms with Crippen molar-refractivity contribution in [3.63, 3.8) is 0 Å². The number of anilines is 1. The number of carbonyl (C=O) groups is 1. The van der Waals surface area contributed by atoms with Gasteiger partial charge in [-0.15, -0.1) is 0 Å². The van der Waals surface area contributed by atoms with Crippen LogP contribution in [0.15, 0.2) is 53.6 Å². The predicted octanol–water partition coefficient (Wildman–Crippen LogP) is 3.54. The molecule has 2 heterocycles. The second kappa shape index (κ2) is 8.32. The Bertz CT molecular complexity index is 1130. The number of rotatable bonds is 5. The van der Waals surface area contributed by atoms with Crippen molar-refractivity contribution in [2.24, 2.45) is 0 Å². The highest BCUT2D eigenvalue weighted by molar-refractivity contribution is 6.34. The zero-order valence-corrected chi connectivity index (χ0v) is 16.4. The van der Waals surface area contributed by atoms with Crippen LogP contribution < -0.4 is 21.3 Å². The molecule has 7 nitrogen and oxygen atoms in total. The minimum atomic E-state index is -0.724. The number of nitrogens with zero attached hydrogens (tertiary/aromatic N) is 2. The summed E-state index contributed by atoms with van der Waals surface area (Å²) in [5, 5.41) is 2.80. The number of hydrogen-bond donors (Lipinski definition) is 2. The Labute approximate surface area is 170 Å². The highest BCUT2D eigenvalue weighted by Gasteiger charge is 2.14. The molecule has 1 amide bonds. The molecular weight excluding hydrogens is 399 g/mol. The van der Waals surface area contributed by atoms with Crippen molar-refractivity contribution < 1.29 is 13.9 Å². The van der Waals surface area contributed by atoms with E-state index in [1.54, 1.807) is 0 Å². The molecule has 0 unspecified atom stereocenters. The third-order valence-corrected chi connectivity index (χ3v) is 4.27. The van der Waals surface area contributed by atoms with Crippen molar-refractivity contribution in [2.45, 2.75) is 19.9 Å². The molecule has 2 aromatic heterocycles. The molecule has 0 aliphatic rings. The first kappa shape index (κ1) is 20.3. The lowest BCUT2D eigenvalue weighted by atomic mass is 10.2. The van der Waals surface area contributed by atoms with Crippen molar-refractivity contribution in [1.29, 1.82) is 0 Å². The monoisotopic (exact) mass is 416 g/mol. The second-order valence-corrected chi connectivity index (χ2v) is 6.86. The summed E-state index contributed by atoms with van der Waals surface area (Å²) in [6, 6.07) is 8.02. The standard InChI is InChI=1S/C20H18ClFN4O3/c1-11(2)25-20(28)12-3-6-17(27)26(10-12)13-4-5-15(14(22)9-13)29-16-7-8-24-19(23)18(16)21/h3-11H,1-2H3,(H2,23,24)(H,25,28). The molecular formula is C20H18ClFN4O3. The number of ether oxygens (including phenoxy) is 1. The maximum absolute atomic E-state index is 14.6. The lowest BCUT2D eigenvalue weighted by Gasteiger charge is -2.13. The number of hydrogen-bond acceptors (Lipinski definition) is 5. The van der Waals surface area contributed by atoms with Crippen LogP contribution in [0.2, 0.25) is 5.02 Å². The topological polar surface area (TPSA) is 99.2 Å². The molecule has 0 aliphatic heterocycles. The number of halogens is 2. The zero-order chi connectivity index (χ0) is 21.1. The SMILES string of the molecule is CC(C)NC(=O)c1ccc(=O)n(-c2ccc(Oc3ccnc(N)c3Cl)c(F)c2)c1. The lowest BCUT2D eigenvalue weighted by Crippen LogP contribution is -2.31. The summed E-state index contributed by atoms with van der Waals surface area (Å²) < 4.78 is 21.3. The highest BCUT2D eigenvalue weighted by Crippen LogP contribution is 2.33. The van der Waals surface area contributed by atoms with E-state index in [1.807, 2.05) is 13.8 Å². The zero-order valence-electron chi connectivity index (χ0n) is 15.6. The number of nitrogens with two attached hydrogens (primary N) is 1. The Hall–Kier alpha value is -3.39. The molecule has 0 saturated heterocycles. The normalized spacial score (nSPS) is 10.8. The molecule has 0 atom stereocenters. The first-order valence-corrected chi connectivity index (χ1v) is 9.05. The number of aromatic nitrogens is 2. The summed E-state index contributed by atoms with van der Waals surface area (Å²) >= 11 is 6.01. The van der Waals surface area contributed by atoms with Crippen LogP contribution in [0.5, 0.6) is 11.5 Å². The predicted molar refractivity (Wildman–Crippen MR) is 108 cm³/mol. The van der Waals surface area contributed by atoms with E-state index in [0.29, 0.717) is 0 Å². The van der Waals surface area contributed by atoms with E-state index in [-0.39, 0.29) is 45.5 Å². The van der Waals surface area contributed by atoms with Gasteiger partial charge in [0.25, 0.3) is 11.5 Å². The van der Waals surface area contributed by atoms with Gasteiger partial charge in [0.2, 0.25) is 0 Å². The molecule has 0 saturated carbocycles. The molecule has 3 rings (SSSR count). The van der Waals surface area contributed by atoms with Gasteiger partial charge in [0.05, 0.1) is 11.3 Å². The van der Waals surface area contributed by atoms with Crippen molar-refractivity contribution in [3.8, 4) is 17.2 Å². The minimum absolute atomic E-state index is 0.0595. The highest BCUT2D eigenvalue weighted by atomic mass is 35.5. The molecule has 9 heteroatoms. The number of benzene rings is 1. The van der Waals surface area contributed by atoms with Gasteiger partial charge in [-0.05, 0) is 32.0 Å². The summed E-state index contributed by atoms with van der Waals surface area (Å²) in [7, 11) is 0. The van der Waals surface area contributed by atoms with Crippen LogP contribution in [0.25, 0.3) is 5.69 Å². The summed E-state index contributed by atoms with van der Waals surface area (Å²) in [6.07, 6.45) is 2.74. The van der Waals surface area contributed by atoms with Crippen LogP contribution in [0.3, 0.4) is 0 Å². The summed E-state index contributed by atoms with van der Waals surface area (Å²) in [4.78, 5) is 28.2. The maximum Gasteiger partial charge on any atom is 0.255 e. The molecule has 1 aromatic carbocycles. The number of carbonyl (C=O) groups excluding carboxylic acids is 1. The van der Waals surface area contributed by atoms with Crippen molar-refractivity contribution in [2.75, 3.05) is 5.73 Å². The molecule has 150 valence electrons. The van der Waals surface area contributed by atoms with Gasteiger partial charge in [-0.2, -0.15) is 0 Å². The average molecular weight is 417 g/mol. The number of pyridine rings is 2. The third-order valence-electron chi connectivity index (χ3n) is 3.89. The molecule has 0 radical (unpaired) electrons. The van der Waals surface area contributed by atoms with Crippen LogP contribution in [-0.2, 0) is 0 Å². The van der Waals surface area contributed by atoms with Crippen molar-refractivity contribution in [1.82, 2.24) is 14.9 Å². The largest absolute Gasteiger partial charge is 0.453 e. The van der Waals surface area contributed by atoms with Gasteiger partial charge in [-0.3, -0.25) is 14.2 Å². The fourth-order valence-corrected chi connectivity index (χ4v) is 2.68. The number of nitrogen functional groups attached to an aromatic ring is 1. The number of nitrogens with one attached hydrogen (secondary N) is 1. The van der Waals surface area contributed by atoms with Gasteiger partial charge in [-0.1, -0.05) is 11.6 Å². The Balaban J connectivity index is 1.93. The molecule has 0 fully saturated rings. The fraction of sp³-hybridized carbons (Fsp3) is 0.150. The van der Waals surface area contributed by atoms with E-state index < -0.39 is 11.4 Å². The van der Waals surface area contributed by atoms with E-state index in [0.717, 1.165) is 6.07 Å². The minimum Gasteiger partial charge on any atom is -0.453 e. The quantitative estimate of drug-likeness (QED) is 0.662. The number of amides is 1. The van der Waals surface area contributed by atoms with Crippen LogP contribution in [0.1, 0.15) is 24.2 Å². The Kier molecular flexibility index (Phi) is 5.84. The van der Waals surface area contributed by atoms with Crippen LogP contribution >= 0.6 is 11.6 Å². The van der Waals surface area contributed by atoms with Crippen LogP contribution in [-0.4, -0.2) is 21.5 Å². The smallest absolute Gasteiger partial charge is 0.255 e. The van der Waals surface area contributed by atoms with Gasteiger partial charge in [-0.25, -0.2) is 9.37 Å². The first-order valence-electron chi connectivity index (χ1n) is 8.67. The van der Waals surface area contributed by atoms with Gasteiger partial charge < -0.3 is 15.8 Å². The molecule has 0 aliphatic carbocycles. The van der Waals surface area contributed by atoms with E-state index in [1.165, 1.54) is 47.3 Å². The summed E-state index contributed by atoms with van der Waals surface area (Å²) in [6.45, 7) is 3.65. The van der Waals surface area contributed by atoms with Crippen LogP contribution in [0, 0.1) is 5.82 Å².